The molecular weight excluding hydrogens is 310 g/mol. The van der Waals surface area contributed by atoms with Crippen LogP contribution in [-0.2, 0) is 0 Å². The van der Waals surface area contributed by atoms with E-state index < -0.39 is 0 Å². The summed E-state index contributed by atoms with van der Waals surface area (Å²) in [7, 11) is 0. The zero-order chi connectivity index (χ0) is 16.1. The largest absolute Gasteiger partial charge is 0.381 e. The first-order chi connectivity index (χ1) is 11.3. The molecule has 1 aliphatic rings. The van der Waals surface area contributed by atoms with E-state index in [2.05, 4.69) is 20.6 Å². The highest BCUT2D eigenvalue weighted by atomic mass is 32.1. The van der Waals surface area contributed by atoms with Gasteiger partial charge in [-0.05, 0) is 31.9 Å². The molecule has 122 valence electrons. The molecule has 0 atom stereocenters. The summed E-state index contributed by atoms with van der Waals surface area (Å²) < 4.78 is 0. The number of amides is 1. The van der Waals surface area contributed by atoms with E-state index in [1.54, 1.807) is 12.4 Å². The van der Waals surface area contributed by atoms with Gasteiger partial charge in [0.2, 0.25) is 0 Å². The van der Waals surface area contributed by atoms with Crippen molar-refractivity contribution in [3.8, 4) is 0 Å². The number of carbonyl (C=O) groups is 1. The maximum absolute atomic E-state index is 12.5. The first kappa shape index (κ1) is 15.7. The van der Waals surface area contributed by atoms with Crippen molar-refractivity contribution in [2.45, 2.75) is 25.8 Å². The molecular formula is C16H21N5OS. The number of piperidine rings is 1. The molecule has 0 aliphatic carbocycles. The van der Waals surface area contributed by atoms with Gasteiger partial charge in [-0.15, -0.1) is 0 Å². The molecule has 0 saturated carbocycles. The maximum Gasteiger partial charge on any atom is 0.265 e. The summed E-state index contributed by atoms with van der Waals surface area (Å²) in [5.74, 6) is 0.0893. The normalized spacial score (nSPS) is 15.4. The van der Waals surface area contributed by atoms with Gasteiger partial charge in [-0.1, -0.05) is 11.3 Å². The minimum absolute atomic E-state index is 0.0893. The van der Waals surface area contributed by atoms with E-state index >= 15 is 0 Å². The summed E-state index contributed by atoms with van der Waals surface area (Å²) in [5, 5.41) is 7.43. The highest BCUT2D eigenvalue weighted by Gasteiger charge is 2.24. The van der Waals surface area contributed by atoms with E-state index in [4.69, 9.17) is 0 Å². The van der Waals surface area contributed by atoms with E-state index in [9.17, 15) is 4.79 Å². The number of anilines is 2. The number of pyridine rings is 1. The lowest BCUT2D eigenvalue weighted by molar-refractivity contribution is 0.0723. The molecule has 0 radical (unpaired) electrons. The maximum atomic E-state index is 12.5. The van der Waals surface area contributed by atoms with Gasteiger partial charge in [-0.3, -0.25) is 9.78 Å². The Bertz CT molecular complexity index is 637. The summed E-state index contributed by atoms with van der Waals surface area (Å²) in [6, 6.07) is 4.33. The lowest BCUT2D eigenvalue weighted by Crippen LogP contribution is -2.42. The summed E-state index contributed by atoms with van der Waals surface area (Å²) >= 11 is 1.43. The Morgan fingerprint density at radius 2 is 2.22 bits per heavy atom. The molecule has 2 aromatic rings. The van der Waals surface area contributed by atoms with E-state index in [-0.39, 0.29) is 5.91 Å². The molecule has 0 aromatic carbocycles. The molecule has 3 rings (SSSR count). The number of aromatic nitrogens is 2. The number of likely N-dealkylation sites (tertiary alicyclic amines) is 1. The van der Waals surface area contributed by atoms with Gasteiger partial charge < -0.3 is 15.5 Å². The Morgan fingerprint density at radius 1 is 1.39 bits per heavy atom. The van der Waals surface area contributed by atoms with Crippen LogP contribution in [0.25, 0.3) is 0 Å². The third-order valence-electron chi connectivity index (χ3n) is 3.86. The second-order valence-electron chi connectivity index (χ2n) is 5.51. The molecule has 0 spiro atoms. The first-order valence-electron chi connectivity index (χ1n) is 7.92. The van der Waals surface area contributed by atoms with Crippen LogP contribution in [0.4, 0.5) is 10.8 Å². The van der Waals surface area contributed by atoms with Crippen molar-refractivity contribution in [2.75, 3.05) is 30.3 Å². The Balaban J connectivity index is 1.52. The summed E-state index contributed by atoms with van der Waals surface area (Å²) in [6.07, 6.45) is 7.16. The predicted octanol–water partition coefficient (Wildman–Crippen LogP) is 2.69. The van der Waals surface area contributed by atoms with Crippen LogP contribution < -0.4 is 10.6 Å². The fourth-order valence-corrected chi connectivity index (χ4v) is 3.52. The van der Waals surface area contributed by atoms with E-state index in [0.29, 0.717) is 10.9 Å². The van der Waals surface area contributed by atoms with Gasteiger partial charge in [0, 0.05) is 38.1 Å². The standard InChI is InChI=1S/C16H21N5OS/c1-2-18-16-19-11-14(23-16)15(22)21-8-5-12(6-9-21)20-13-4-3-7-17-10-13/h3-4,7,10-12,20H,2,5-6,8-9H2,1H3,(H,18,19). The van der Waals surface area contributed by atoms with Gasteiger partial charge in [0.05, 0.1) is 11.9 Å². The van der Waals surface area contributed by atoms with Crippen molar-refractivity contribution in [1.29, 1.82) is 0 Å². The zero-order valence-corrected chi connectivity index (χ0v) is 14.0. The number of nitrogens with zero attached hydrogens (tertiary/aromatic N) is 3. The number of rotatable bonds is 5. The van der Waals surface area contributed by atoms with Crippen LogP contribution >= 0.6 is 11.3 Å². The molecule has 3 heterocycles. The van der Waals surface area contributed by atoms with Gasteiger partial charge >= 0.3 is 0 Å². The van der Waals surface area contributed by atoms with E-state index in [0.717, 1.165) is 43.3 Å². The van der Waals surface area contributed by atoms with Crippen LogP contribution in [-0.4, -0.2) is 46.5 Å². The molecule has 0 bridgehead atoms. The molecule has 2 aromatic heterocycles. The van der Waals surface area contributed by atoms with Crippen molar-refractivity contribution in [3.05, 3.63) is 35.6 Å². The molecule has 1 saturated heterocycles. The van der Waals surface area contributed by atoms with E-state index in [1.807, 2.05) is 30.2 Å². The minimum atomic E-state index is 0.0893. The topological polar surface area (TPSA) is 70.2 Å². The van der Waals surface area contributed by atoms with Gasteiger partial charge in [0.25, 0.3) is 5.91 Å². The molecule has 1 fully saturated rings. The van der Waals surface area contributed by atoms with Crippen LogP contribution in [0, 0.1) is 0 Å². The third kappa shape index (κ3) is 3.98. The van der Waals surface area contributed by atoms with Crippen molar-refractivity contribution in [3.63, 3.8) is 0 Å². The number of hydrogen-bond acceptors (Lipinski definition) is 6. The Morgan fingerprint density at radius 3 is 2.91 bits per heavy atom. The fraction of sp³-hybridized carbons (Fsp3) is 0.438. The minimum Gasteiger partial charge on any atom is -0.381 e. The van der Waals surface area contributed by atoms with Crippen molar-refractivity contribution in [1.82, 2.24) is 14.9 Å². The van der Waals surface area contributed by atoms with E-state index in [1.165, 1.54) is 11.3 Å². The van der Waals surface area contributed by atoms with Gasteiger partial charge in [-0.25, -0.2) is 4.98 Å². The summed E-state index contributed by atoms with van der Waals surface area (Å²) in [4.78, 5) is 23.5. The predicted molar refractivity (Wildman–Crippen MR) is 93.1 cm³/mol. The molecule has 2 N–H and O–H groups in total. The quantitative estimate of drug-likeness (QED) is 0.881. The average Bonchev–Trinajstić information content (AvgIpc) is 3.05. The Labute approximate surface area is 140 Å². The van der Waals surface area contributed by atoms with Crippen LogP contribution in [0.3, 0.4) is 0 Å². The zero-order valence-electron chi connectivity index (χ0n) is 13.2. The Kier molecular flexibility index (Phi) is 5.07. The average molecular weight is 331 g/mol. The fourth-order valence-electron chi connectivity index (χ4n) is 2.67. The Hall–Kier alpha value is -2.15. The van der Waals surface area contributed by atoms with Gasteiger partial charge in [-0.2, -0.15) is 0 Å². The van der Waals surface area contributed by atoms with Crippen LogP contribution in [0.1, 0.15) is 29.4 Å². The number of carbonyl (C=O) groups excluding carboxylic acids is 1. The molecule has 23 heavy (non-hydrogen) atoms. The highest BCUT2D eigenvalue weighted by molar-refractivity contribution is 7.17. The van der Waals surface area contributed by atoms with Crippen molar-refractivity contribution in [2.24, 2.45) is 0 Å². The summed E-state index contributed by atoms with van der Waals surface area (Å²) in [6.45, 7) is 4.37. The third-order valence-corrected chi connectivity index (χ3v) is 4.80. The van der Waals surface area contributed by atoms with Gasteiger partial charge in [0.1, 0.15) is 4.88 Å². The van der Waals surface area contributed by atoms with Crippen molar-refractivity contribution >= 4 is 28.1 Å². The second kappa shape index (κ2) is 7.41. The molecule has 0 unspecified atom stereocenters. The summed E-state index contributed by atoms with van der Waals surface area (Å²) in [5.41, 5.74) is 1.04. The SMILES string of the molecule is CCNc1ncc(C(=O)N2CCC(Nc3cccnc3)CC2)s1. The lowest BCUT2D eigenvalue weighted by Gasteiger charge is -2.32. The molecule has 1 aliphatic heterocycles. The molecule has 6 nitrogen and oxygen atoms in total. The monoisotopic (exact) mass is 331 g/mol. The number of nitrogens with one attached hydrogen (secondary N) is 2. The molecule has 7 heteroatoms. The number of hydrogen-bond donors (Lipinski definition) is 2. The van der Waals surface area contributed by atoms with Crippen LogP contribution in [0.2, 0.25) is 0 Å². The van der Waals surface area contributed by atoms with Crippen molar-refractivity contribution < 1.29 is 4.79 Å². The lowest BCUT2D eigenvalue weighted by atomic mass is 10.0. The van der Waals surface area contributed by atoms with Gasteiger partial charge in [0.15, 0.2) is 5.13 Å². The highest BCUT2D eigenvalue weighted by Crippen LogP contribution is 2.22. The second-order valence-corrected chi connectivity index (χ2v) is 6.54. The first-order valence-corrected chi connectivity index (χ1v) is 8.73. The van der Waals surface area contributed by atoms with Crippen LogP contribution in [0.15, 0.2) is 30.7 Å². The number of thiazole rings is 1. The van der Waals surface area contributed by atoms with Crippen LogP contribution in [0.5, 0.6) is 0 Å². The molecule has 1 amide bonds. The smallest absolute Gasteiger partial charge is 0.265 e.